The molecule has 2 atom stereocenters. The van der Waals surface area contributed by atoms with Gasteiger partial charge in [-0.3, -0.25) is 9.59 Å². The van der Waals surface area contributed by atoms with Gasteiger partial charge in [-0.2, -0.15) is 11.8 Å². The first-order chi connectivity index (χ1) is 14.5. The Hall–Kier alpha value is -2.75. The minimum atomic E-state index is -0.886. The molecule has 0 bridgehead atoms. The predicted molar refractivity (Wildman–Crippen MR) is 114 cm³/mol. The molecule has 1 aromatic rings. The van der Waals surface area contributed by atoms with E-state index in [4.69, 9.17) is 4.74 Å². The first-order valence-corrected chi connectivity index (χ1v) is 11.1. The van der Waals surface area contributed by atoms with Crippen LogP contribution < -0.4 is 10.6 Å². The van der Waals surface area contributed by atoms with E-state index in [1.807, 2.05) is 36.6 Å². The number of carbonyl (C=O) groups is 4. The molecule has 0 unspecified atom stereocenters. The highest BCUT2D eigenvalue weighted by Gasteiger charge is 2.36. The number of methoxy groups -OCH3 is 1. The molecule has 30 heavy (non-hydrogen) atoms. The highest BCUT2D eigenvalue weighted by Crippen LogP contribution is 2.15. The Morgan fingerprint density at radius 1 is 1.17 bits per heavy atom. The first kappa shape index (κ1) is 23.5. The number of nitrogens with zero attached hydrogens (tertiary/aromatic N) is 2. The molecule has 1 aliphatic rings. The van der Waals surface area contributed by atoms with Crippen molar-refractivity contribution >= 4 is 36.1 Å². The molecule has 10 heteroatoms. The van der Waals surface area contributed by atoms with E-state index < -0.39 is 24.1 Å². The molecule has 0 aliphatic carbocycles. The summed E-state index contributed by atoms with van der Waals surface area (Å²) in [4.78, 5) is 48.9. The summed E-state index contributed by atoms with van der Waals surface area (Å²) in [5.74, 6) is -0.218. The van der Waals surface area contributed by atoms with Crippen LogP contribution in [0.1, 0.15) is 18.4 Å². The number of hydrogen-bond donors (Lipinski definition) is 2. The lowest BCUT2D eigenvalue weighted by atomic mass is 10.1. The normalized spacial score (nSPS) is 15.3. The fraction of sp³-hybridized carbons (Fsp3) is 0.500. The number of benzene rings is 1. The fourth-order valence-corrected chi connectivity index (χ4v) is 3.71. The van der Waals surface area contributed by atoms with E-state index in [0.29, 0.717) is 38.1 Å². The van der Waals surface area contributed by atoms with Crippen molar-refractivity contribution in [2.45, 2.75) is 31.3 Å². The van der Waals surface area contributed by atoms with Gasteiger partial charge >= 0.3 is 12.0 Å². The van der Waals surface area contributed by atoms with E-state index in [-0.39, 0.29) is 12.3 Å². The zero-order valence-electron chi connectivity index (χ0n) is 17.2. The van der Waals surface area contributed by atoms with Crippen LogP contribution in [0.25, 0.3) is 0 Å². The van der Waals surface area contributed by atoms with Crippen LogP contribution in [0.15, 0.2) is 30.3 Å². The van der Waals surface area contributed by atoms with Gasteiger partial charge < -0.3 is 15.4 Å². The second kappa shape index (κ2) is 12.1. The van der Waals surface area contributed by atoms with Gasteiger partial charge in [0.25, 0.3) is 5.91 Å². The summed E-state index contributed by atoms with van der Waals surface area (Å²) >= 11 is 1.57. The molecule has 9 nitrogen and oxygen atoms in total. The van der Waals surface area contributed by atoms with Crippen molar-refractivity contribution in [3.63, 3.8) is 0 Å². The number of carbonyl (C=O) groups excluding carboxylic acids is 4. The minimum absolute atomic E-state index is 0.268. The number of urea groups is 1. The number of hydrogen-bond acceptors (Lipinski definition) is 6. The van der Waals surface area contributed by atoms with Crippen LogP contribution in [0.5, 0.6) is 0 Å². The summed E-state index contributed by atoms with van der Waals surface area (Å²) in [5.41, 5.74) is 0.870. The number of amides is 4. The number of ether oxygens (including phenoxy) is 1. The Kier molecular flexibility index (Phi) is 9.46. The van der Waals surface area contributed by atoms with Crippen molar-refractivity contribution in [1.82, 2.24) is 20.7 Å². The van der Waals surface area contributed by atoms with Crippen LogP contribution in [0, 0.1) is 0 Å². The first-order valence-electron chi connectivity index (χ1n) is 9.71. The average molecular weight is 437 g/mol. The maximum Gasteiger partial charge on any atom is 0.337 e. The molecule has 0 spiro atoms. The summed E-state index contributed by atoms with van der Waals surface area (Å²) in [7, 11) is 1.26. The van der Waals surface area contributed by atoms with Crippen molar-refractivity contribution in [1.29, 1.82) is 0 Å². The van der Waals surface area contributed by atoms with Gasteiger partial charge in [-0.15, -0.1) is 0 Å². The number of rotatable bonds is 10. The van der Waals surface area contributed by atoms with E-state index >= 15 is 0 Å². The molecular formula is C20H28N4O5S. The van der Waals surface area contributed by atoms with Crippen LogP contribution in [0.4, 0.5) is 4.79 Å². The average Bonchev–Trinajstić information content (AvgIpc) is 3.26. The quantitative estimate of drug-likeness (QED) is 0.415. The number of thioether (sulfide) groups is 1. The van der Waals surface area contributed by atoms with Gasteiger partial charge in [-0.25, -0.2) is 19.6 Å². The van der Waals surface area contributed by atoms with Gasteiger partial charge in [0.15, 0.2) is 0 Å². The van der Waals surface area contributed by atoms with Crippen LogP contribution in [-0.4, -0.2) is 78.6 Å². The lowest BCUT2D eigenvalue weighted by Crippen LogP contribution is -2.57. The largest absolute Gasteiger partial charge is 0.467 e. The molecule has 1 heterocycles. The maximum absolute atomic E-state index is 12.9. The lowest BCUT2D eigenvalue weighted by Gasteiger charge is -2.31. The molecular weight excluding hydrogens is 408 g/mol. The van der Waals surface area contributed by atoms with E-state index in [1.165, 1.54) is 17.1 Å². The van der Waals surface area contributed by atoms with Crippen LogP contribution in [0.3, 0.4) is 0 Å². The standard InChI is InChI=1S/C20H28N4O5S/c1-29-19(27)17(13-15-7-4-3-5-8-15)22-20(28)24-11-6-10-23(24)18(26)16(21-14-25)9-12-30-2/h3-5,7-8,14,16-17H,6,9-13H2,1-2H3,(H,21,25)(H,22,28)/t16-,17-/m0/s1. The molecule has 0 radical (unpaired) electrons. The zero-order chi connectivity index (χ0) is 21.9. The number of hydrazine groups is 1. The van der Waals surface area contributed by atoms with Crippen LogP contribution >= 0.6 is 11.8 Å². The number of nitrogens with one attached hydrogen (secondary N) is 2. The Morgan fingerprint density at radius 2 is 1.87 bits per heavy atom. The van der Waals surface area contributed by atoms with E-state index in [0.717, 1.165) is 5.56 Å². The Morgan fingerprint density at radius 3 is 2.50 bits per heavy atom. The minimum Gasteiger partial charge on any atom is -0.467 e. The van der Waals surface area contributed by atoms with Crippen molar-refractivity contribution in [2.24, 2.45) is 0 Å². The molecule has 0 saturated carbocycles. The van der Waals surface area contributed by atoms with Gasteiger partial charge in [0, 0.05) is 19.5 Å². The van der Waals surface area contributed by atoms with Crippen molar-refractivity contribution in [2.75, 3.05) is 32.2 Å². The van der Waals surface area contributed by atoms with Gasteiger partial charge in [0.2, 0.25) is 6.41 Å². The Balaban J connectivity index is 2.09. The van der Waals surface area contributed by atoms with Crippen molar-refractivity contribution < 1.29 is 23.9 Å². The molecule has 164 valence electrons. The summed E-state index contributed by atoms with van der Waals surface area (Å²) in [6.07, 6.45) is 3.75. The van der Waals surface area contributed by atoms with Gasteiger partial charge in [0.05, 0.1) is 7.11 Å². The van der Waals surface area contributed by atoms with Crippen LogP contribution in [0.2, 0.25) is 0 Å². The molecule has 1 fully saturated rings. The maximum atomic E-state index is 12.9. The third-order valence-electron chi connectivity index (χ3n) is 4.76. The molecule has 4 amide bonds. The zero-order valence-corrected chi connectivity index (χ0v) is 18.0. The number of esters is 1. The summed E-state index contributed by atoms with van der Waals surface area (Å²) < 4.78 is 4.83. The van der Waals surface area contributed by atoms with Gasteiger partial charge in [-0.05, 0) is 30.4 Å². The highest BCUT2D eigenvalue weighted by molar-refractivity contribution is 7.98. The van der Waals surface area contributed by atoms with E-state index in [1.54, 1.807) is 11.8 Å². The summed E-state index contributed by atoms with van der Waals surface area (Å²) in [6, 6.07) is 7.13. The fourth-order valence-electron chi connectivity index (χ4n) is 3.24. The second-order valence-corrected chi connectivity index (χ2v) is 7.76. The SMILES string of the molecule is COC(=O)[C@H](Cc1ccccc1)NC(=O)N1CCCN1C(=O)[C@H](CCSC)NC=O. The summed E-state index contributed by atoms with van der Waals surface area (Å²) in [6.45, 7) is 0.706. The topological polar surface area (TPSA) is 108 Å². The predicted octanol–water partition coefficient (Wildman–Crippen LogP) is 0.797. The smallest absolute Gasteiger partial charge is 0.337 e. The second-order valence-electron chi connectivity index (χ2n) is 6.77. The van der Waals surface area contributed by atoms with Gasteiger partial charge in [0.1, 0.15) is 12.1 Å². The van der Waals surface area contributed by atoms with Gasteiger partial charge in [-0.1, -0.05) is 30.3 Å². The summed E-state index contributed by atoms with van der Waals surface area (Å²) in [5, 5.41) is 7.85. The third-order valence-corrected chi connectivity index (χ3v) is 5.41. The molecule has 0 aromatic heterocycles. The lowest BCUT2D eigenvalue weighted by molar-refractivity contribution is -0.144. The Bertz CT molecular complexity index is 733. The van der Waals surface area contributed by atoms with E-state index in [9.17, 15) is 19.2 Å². The molecule has 1 saturated heterocycles. The Labute approximate surface area is 180 Å². The van der Waals surface area contributed by atoms with Crippen molar-refractivity contribution in [3.8, 4) is 0 Å². The molecule has 2 N–H and O–H groups in total. The highest BCUT2D eigenvalue weighted by atomic mass is 32.2. The molecule has 1 aliphatic heterocycles. The molecule has 2 rings (SSSR count). The molecule has 1 aromatic carbocycles. The van der Waals surface area contributed by atoms with Crippen molar-refractivity contribution in [3.05, 3.63) is 35.9 Å². The van der Waals surface area contributed by atoms with E-state index in [2.05, 4.69) is 10.6 Å². The third kappa shape index (κ3) is 6.38. The monoisotopic (exact) mass is 436 g/mol. The van der Waals surface area contributed by atoms with Crippen LogP contribution in [-0.2, 0) is 25.5 Å².